The van der Waals surface area contributed by atoms with Crippen LogP contribution in [0, 0.1) is 0 Å². The fraction of sp³-hybridized carbons (Fsp3) is 0.600. The average molecular weight is 303 g/mol. The van der Waals surface area contributed by atoms with Crippen molar-refractivity contribution in [2.75, 3.05) is 12.3 Å². The van der Waals surface area contributed by atoms with E-state index in [-0.39, 0.29) is 10.8 Å². The molecule has 1 heterocycles. The van der Waals surface area contributed by atoms with Crippen molar-refractivity contribution in [1.29, 1.82) is 0 Å². The van der Waals surface area contributed by atoms with Gasteiger partial charge in [-0.2, -0.15) is 24.9 Å². The highest BCUT2D eigenvalue weighted by Gasteiger charge is 2.35. The molecule has 0 aromatic heterocycles. The van der Waals surface area contributed by atoms with Gasteiger partial charge >= 0.3 is 6.18 Å². The summed E-state index contributed by atoms with van der Waals surface area (Å²) in [6, 6.07) is 5.51. The number of thioether (sulfide) groups is 1. The van der Waals surface area contributed by atoms with Crippen LogP contribution in [0.25, 0.3) is 0 Å². The molecular formula is C15H20F3NS. The maximum absolute atomic E-state index is 13.0. The summed E-state index contributed by atoms with van der Waals surface area (Å²) in [5, 5.41) is 3.27. The molecule has 2 atom stereocenters. The second-order valence-corrected chi connectivity index (χ2v) is 7.27. The molecule has 0 bridgehead atoms. The van der Waals surface area contributed by atoms with E-state index in [1.807, 2.05) is 11.8 Å². The van der Waals surface area contributed by atoms with Crippen molar-refractivity contribution in [1.82, 2.24) is 5.32 Å². The minimum Gasteiger partial charge on any atom is -0.309 e. The molecular weight excluding hydrogens is 283 g/mol. The van der Waals surface area contributed by atoms with Crippen LogP contribution in [0.3, 0.4) is 0 Å². The molecule has 0 saturated carbocycles. The second kappa shape index (κ2) is 5.98. The Morgan fingerprint density at radius 3 is 2.65 bits per heavy atom. The van der Waals surface area contributed by atoms with Crippen LogP contribution in [0.4, 0.5) is 13.2 Å². The molecule has 1 N–H and O–H groups in total. The maximum Gasteiger partial charge on any atom is 0.416 e. The van der Waals surface area contributed by atoms with Gasteiger partial charge in [-0.1, -0.05) is 18.2 Å². The van der Waals surface area contributed by atoms with Crippen LogP contribution in [-0.4, -0.2) is 17.0 Å². The van der Waals surface area contributed by atoms with Gasteiger partial charge in [-0.15, -0.1) is 0 Å². The Balaban J connectivity index is 2.07. The predicted molar refractivity (Wildman–Crippen MR) is 78.0 cm³/mol. The van der Waals surface area contributed by atoms with Crippen LogP contribution < -0.4 is 5.32 Å². The Hall–Kier alpha value is -0.680. The first kappa shape index (κ1) is 15.7. The summed E-state index contributed by atoms with van der Waals surface area (Å²) in [5.41, 5.74) is -0.212. The fourth-order valence-corrected chi connectivity index (χ4v) is 3.84. The Bertz CT molecular complexity index is 453. The Morgan fingerprint density at radius 2 is 2.05 bits per heavy atom. The summed E-state index contributed by atoms with van der Waals surface area (Å²) in [6.07, 6.45) is -1.98. The molecule has 1 aliphatic rings. The zero-order chi connectivity index (χ0) is 14.8. The van der Waals surface area contributed by atoms with Crippen LogP contribution in [0.1, 0.15) is 43.9 Å². The van der Waals surface area contributed by atoms with Crippen LogP contribution in [0.5, 0.6) is 0 Å². The molecule has 0 spiro atoms. The van der Waals surface area contributed by atoms with E-state index in [2.05, 4.69) is 12.2 Å². The summed E-state index contributed by atoms with van der Waals surface area (Å²) in [6.45, 7) is 4.72. The third-order valence-electron chi connectivity index (χ3n) is 3.82. The number of halogens is 3. The van der Waals surface area contributed by atoms with E-state index in [4.69, 9.17) is 0 Å². The van der Waals surface area contributed by atoms with Crippen molar-refractivity contribution >= 4 is 11.8 Å². The zero-order valence-corrected chi connectivity index (χ0v) is 12.6. The van der Waals surface area contributed by atoms with Gasteiger partial charge in [-0.05, 0) is 44.1 Å². The molecule has 20 heavy (non-hydrogen) atoms. The normalized spacial score (nSPS) is 24.9. The molecule has 112 valence electrons. The summed E-state index contributed by atoms with van der Waals surface area (Å²) < 4.78 is 39.1. The standard InChI is InChI=1S/C15H20F3NS/c1-11(19-10-14(2)8-5-9-20-14)12-6-3-4-7-13(12)15(16,17)18/h3-4,6-7,11,19H,5,8-10H2,1-2H3. The van der Waals surface area contributed by atoms with Crippen molar-refractivity contribution < 1.29 is 13.2 Å². The number of benzene rings is 1. The highest BCUT2D eigenvalue weighted by Crippen LogP contribution is 2.38. The number of nitrogens with one attached hydrogen (secondary N) is 1. The van der Waals surface area contributed by atoms with Gasteiger partial charge in [-0.3, -0.25) is 0 Å². The van der Waals surface area contributed by atoms with E-state index < -0.39 is 11.7 Å². The van der Waals surface area contributed by atoms with Crippen molar-refractivity contribution in [3.05, 3.63) is 35.4 Å². The van der Waals surface area contributed by atoms with Crippen LogP contribution in [-0.2, 0) is 6.18 Å². The quantitative estimate of drug-likeness (QED) is 0.869. The number of hydrogen-bond donors (Lipinski definition) is 1. The van der Waals surface area contributed by atoms with E-state index >= 15 is 0 Å². The SMILES string of the molecule is CC(NCC1(C)CCCS1)c1ccccc1C(F)(F)F. The van der Waals surface area contributed by atoms with E-state index in [9.17, 15) is 13.2 Å². The molecule has 1 aromatic rings. The average Bonchev–Trinajstić information content (AvgIpc) is 2.82. The van der Waals surface area contributed by atoms with Gasteiger partial charge in [-0.25, -0.2) is 0 Å². The number of rotatable bonds is 4. The summed E-state index contributed by atoms with van der Waals surface area (Å²) in [4.78, 5) is 0. The number of hydrogen-bond acceptors (Lipinski definition) is 2. The molecule has 1 fully saturated rings. The van der Waals surface area contributed by atoms with Gasteiger partial charge in [0.05, 0.1) is 5.56 Å². The van der Waals surface area contributed by atoms with Gasteiger partial charge < -0.3 is 5.32 Å². The molecule has 2 unspecified atom stereocenters. The van der Waals surface area contributed by atoms with Crippen molar-refractivity contribution in [2.45, 2.75) is 43.7 Å². The van der Waals surface area contributed by atoms with Gasteiger partial charge in [0.25, 0.3) is 0 Å². The molecule has 0 radical (unpaired) electrons. The van der Waals surface area contributed by atoms with E-state index in [1.165, 1.54) is 12.5 Å². The lowest BCUT2D eigenvalue weighted by Crippen LogP contribution is -2.35. The Kier molecular flexibility index (Phi) is 4.69. The van der Waals surface area contributed by atoms with Gasteiger partial charge in [0.15, 0.2) is 0 Å². The van der Waals surface area contributed by atoms with E-state index in [0.29, 0.717) is 5.56 Å². The lowest BCUT2D eigenvalue weighted by Gasteiger charge is -2.27. The summed E-state index contributed by atoms with van der Waals surface area (Å²) >= 11 is 1.91. The molecule has 0 amide bonds. The molecule has 5 heteroatoms. The predicted octanol–water partition coefficient (Wildman–Crippen LogP) is 4.64. The zero-order valence-electron chi connectivity index (χ0n) is 11.8. The largest absolute Gasteiger partial charge is 0.416 e. The molecule has 1 saturated heterocycles. The van der Waals surface area contributed by atoms with Gasteiger partial charge in [0.2, 0.25) is 0 Å². The number of alkyl halides is 3. The smallest absolute Gasteiger partial charge is 0.309 e. The van der Waals surface area contributed by atoms with Crippen molar-refractivity contribution in [3.63, 3.8) is 0 Å². The van der Waals surface area contributed by atoms with Crippen LogP contribution >= 0.6 is 11.8 Å². The first-order chi connectivity index (χ1) is 9.32. The molecule has 1 aromatic carbocycles. The Morgan fingerprint density at radius 1 is 1.35 bits per heavy atom. The van der Waals surface area contributed by atoms with Crippen LogP contribution in [0.2, 0.25) is 0 Å². The van der Waals surface area contributed by atoms with Gasteiger partial charge in [0, 0.05) is 17.3 Å². The summed E-state index contributed by atoms with van der Waals surface area (Å²) in [5.74, 6) is 1.14. The highest BCUT2D eigenvalue weighted by atomic mass is 32.2. The first-order valence-electron chi connectivity index (χ1n) is 6.85. The maximum atomic E-state index is 13.0. The summed E-state index contributed by atoms with van der Waals surface area (Å²) in [7, 11) is 0. The third-order valence-corrected chi connectivity index (χ3v) is 5.35. The van der Waals surface area contributed by atoms with E-state index in [1.54, 1.807) is 19.1 Å². The molecule has 2 rings (SSSR count). The highest BCUT2D eigenvalue weighted by molar-refractivity contribution is 8.00. The van der Waals surface area contributed by atoms with E-state index in [0.717, 1.165) is 24.8 Å². The van der Waals surface area contributed by atoms with Crippen LogP contribution in [0.15, 0.2) is 24.3 Å². The monoisotopic (exact) mass is 303 g/mol. The topological polar surface area (TPSA) is 12.0 Å². The minimum absolute atomic E-state index is 0.154. The fourth-order valence-electron chi connectivity index (χ4n) is 2.59. The second-order valence-electron chi connectivity index (χ2n) is 5.59. The van der Waals surface area contributed by atoms with Crippen molar-refractivity contribution in [3.8, 4) is 0 Å². The lowest BCUT2D eigenvalue weighted by molar-refractivity contribution is -0.138. The molecule has 1 aliphatic heterocycles. The van der Waals surface area contributed by atoms with Gasteiger partial charge in [0.1, 0.15) is 0 Å². The first-order valence-corrected chi connectivity index (χ1v) is 7.84. The van der Waals surface area contributed by atoms with Crippen molar-refractivity contribution in [2.24, 2.45) is 0 Å². The lowest BCUT2D eigenvalue weighted by atomic mass is 9.99. The molecule has 1 nitrogen and oxygen atoms in total. The third kappa shape index (κ3) is 3.70. The minimum atomic E-state index is -4.29. The molecule has 0 aliphatic carbocycles. The Labute approximate surface area is 122 Å².